The van der Waals surface area contributed by atoms with Crippen molar-refractivity contribution in [3.63, 3.8) is 0 Å². The summed E-state index contributed by atoms with van der Waals surface area (Å²) in [5.74, 6) is 1.78. The lowest BCUT2D eigenvalue weighted by Gasteiger charge is -2.22. The number of aryl methyl sites for hydroxylation is 4. The number of H-pyrrole nitrogens is 4. The minimum Gasteiger partial charge on any atom is -0.494 e. The van der Waals surface area contributed by atoms with Crippen molar-refractivity contribution in [3.05, 3.63) is 267 Å². The van der Waals surface area contributed by atoms with Gasteiger partial charge in [-0.2, -0.15) is 15.3 Å². The Morgan fingerprint density at radius 2 is 0.901 bits per heavy atom. The molecule has 111 heavy (non-hydrogen) atoms. The number of aromatic amines is 4. The summed E-state index contributed by atoms with van der Waals surface area (Å²) in [6.07, 6.45) is 17.9. The van der Waals surface area contributed by atoms with Crippen molar-refractivity contribution < 1.29 is 29.7 Å². The molecule has 3 amide bonds. The third-order valence-electron chi connectivity index (χ3n) is 17.8. The molecular weight excluding hydrogens is 1400 g/mol. The quantitative estimate of drug-likeness (QED) is 0.0408. The van der Waals surface area contributed by atoms with Crippen molar-refractivity contribution in [2.75, 3.05) is 29.0 Å². The fourth-order valence-corrected chi connectivity index (χ4v) is 12.6. The second-order valence-corrected chi connectivity index (χ2v) is 28.5. The van der Waals surface area contributed by atoms with E-state index in [4.69, 9.17) is 0 Å². The summed E-state index contributed by atoms with van der Waals surface area (Å²) in [5.41, 5.74) is 15.9. The van der Waals surface area contributed by atoms with Gasteiger partial charge in [0.05, 0.1) is 52.2 Å². The highest BCUT2D eigenvalue weighted by molar-refractivity contribution is 6.10. The van der Waals surface area contributed by atoms with Gasteiger partial charge in [0.15, 0.2) is 29.3 Å². The van der Waals surface area contributed by atoms with Crippen LogP contribution in [0.4, 0.5) is 22.9 Å². The average Bonchev–Trinajstić information content (AvgIpc) is 1.70. The number of carbonyl (C=O) groups is 3. The third-order valence-corrected chi connectivity index (χ3v) is 17.8. The molecule has 0 unspecified atom stereocenters. The van der Waals surface area contributed by atoms with Crippen molar-refractivity contribution in [1.82, 2.24) is 54.3 Å². The van der Waals surface area contributed by atoms with Crippen LogP contribution in [0.2, 0.25) is 0 Å². The van der Waals surface area contributed by atoms with E-state index in [-0.39, 0.29) is 68.7 Å². The number of anilines is 3. The molecule has 0 spiro atoms. The number of imidazole rings is 1. The number of fused-ring (bicyclic) bond motifs is 3. The number of benzene rings is 6. The van der Waals surface area contributed by atoms with Crippen LogP contribution in [0.15, 0.2) is 207 Å². The van der Waals surface area contributed by atoms with E-state index in [1.165, 1.54) is 0 Å². The van der Waals surface area contributed by atoms with E-state index in [1.807, 2.05) is 214 Å². The topological polar surface area (TPSA) is 339 Å². The van der Waals surface area contributed by atoms with Crippen LogP contribution < -0.4 is 16.0 Å². The van der Waals surface area contributed by atoms with E-state index in [1.54, 1.807) is 58.1 Å². The first-order chi connectivity index (χ1) is 51.8. The number of hydrogen-bond donors (Lipinski definition) is 10. The van der Waals surface area contributed by atoms with Crippen LogP contribution in [0.25, 0.3) is 32.7 Å². The van der Waals surface area contributed by atoms with Gasteiger partial charge in [-0.25, -0.2) is 20.0 Å². The van der Waals surface area contributed by atoms with Crippen LogP contribution in [0.3, 0.4) is 0 Å². The highest BCUT2D eigenvalue weighted by atomic mass is 16.3. The predicted molar refractivity (Wildman–Crippen MR) is 447 cm³/mol. The summed E-state index contributed by atoms with van der Waals surface area (Å²) >= 11 is 0. The summed E-state index contributed by atoms with van der Waals surface area (Å²) < 4.78 is 5.20. The smallest absolute Gasteiger partial charge is 0.291 e. The molecular formula is C86H95N19O6. The van der Waals surface area contributed by atoms with Crippen LogP contribution in [0, 0.1) is 20.8 Å². The SMILES string of the molecule is C.C.C.Cc1cc(C(=O)Nc2cccc(Cc3ccc4[nH]c(O)c(C=NC5=NCC=C5)c4c3)c2)n(C(C)(C)C)n1.Cc1cc(C(=O)Nc2cccc(Cc3ccc4[nH]c(O)c(C=Nc5cc(C)[nH]n5)c4c3)c2)n(C(C)(C)C)n1.Cn1ccnc1C(=O)Nc1ccc(Cc2ccc3[nH]c(O)c(C=NC4=NCC=C4)c3c2)cc1. The average molecular weight is 1490 g/mol. The molecule has 25 heteroatoms. The summed E-state index contributed by atoms with van der Waals surface area (Å²) in [6, 6.07) is 46.9. The number of aliphatic imine (C=N–C) groups is 5. The number of carbonyl (C=O) groups excluding carboxylic acids is 3. The first-order valence-electron chi connectivity index (χ1n) is 35.2. The Morgan fingerprint density at radius 1 is 0.495 bits per heavy atom. The lowest BCUT2D eigenvalue weighted by atomic mass is 10.0. The van der Waals surface area contributed by atoms with E-state index >= 15 is 0 Å². The number of aromatic nitrogens is 11. The van der Waals surface area contributed by atoms with Crippen LogP contribution in [0.5, 0.6) is 17.6 Å². The number of nitrogens with zero attached hydrogens (tertiary/aromatic N) is 12. The molecule has 9 heterocycles. The van der Waals surface area contributed by atoms with Gasteiger partial charge in [0.2, 0.25) is 0 Å². The number of amidine groups is 2. The molecule has 2 aliphatic rings. The number of nitrogens with one attached hydrogen (secondary N) is 7. The van der Waals surface area contributed by atoms with Crippen LogP contribution in [0.1, 0.15) is 163 Å². The van der Waals surface area contributed by atoms with Crippen molar-refractivity contribution in [1.29, 1.82) is 0 Å². The van der Waals surface area contributed by atoms with Gasteiger partial charge in [-0.15, -0.1) is 0 Å². The molecule has 0 fully saturated rings. The van der Waals surface area contributed by atoms with E-state index < -0.39 is 0 Å². The molecule has 10 N–H and O–H groups in total. The Bertz CT molecular complexity index is 5780. The number of amides is 3. The largest absolute Gasteiger partial charge is 0.494 e. The van der Waals surface area contributed by atoms with Crippen LogP contribution in [-0.4, -0.2) is 131 Å². The molecule has 13 aromatic rings. The van der Waals surface area contributed by atoms with Gasteiger partial charge >= 0.3 is 0 Å². The van der Waals surface area contributed by atoms with Gasteiger partial charge < -0.3 is 50.8 Å². The lowest BCUT2D eigenvalue weighted by molar-refractivity contribution is 0.0997. The number of hydrogen-bond acceptors (Lipinski definition) is 15. The molecule has 570 valence electrons. The van der Waals surface area contributed by atoms with E-state index in [0.717, 1.165) is 88.9 Å². The predicted octanol–water partition coefficient (Wildman–Crippen LogP) is 16.9. The van der Waals surface area contributed by atoms with Crippen molar-refractivity contribution in [2.24, 2.45) is 32.0 Å². The lowest BCUT2D eigenvalue weighted by Crippen LogP contribution is -2.29. The van der Waals surface area contributed by atoms with Crippen LogP contribution >= 0.6 is 0 Å². The second-order valence-electron chi connectivity index (χ2n) is 28.5. The van der Waals surface area contributed by atoms with Crippen molar-refractivity contribution in [2.45, 2.75) is 115 Å². The normalized spacial score (nSPS) is 12.6. The van der Waals surface area contributed by atoms with Gasteiger partial charge in [0.25, 0.3) is 17.7 Å². The molecule has 0 aliphatic carbocycles. The molecule has 0 saturated heterocycles. The highest BCUT2D eigenvalue weighted by Gasteiger charge is 2.26. The summed E-state index contributed by atoms with van der Waals surface area (Å²) in [4.78, 5) is 73.2. The second kappa shape index (κ2) is 34.1. The maximum absolute atomic E-state index is 13.1. The molecule has 6 aromatic carbocycles. The monoisotopic (exact) mass is 1490 g/mol. The zero-order valence-corrected chi connectivity index (χ0v) is 61.5. The summed E-state index contributed by atoms with van der Waals surface area (Å²) in [5, 5.41) is 58.8. The van der Waals surface area contributed by atoms with Gasteiger partial charge in [-0.05, 0) is 212 Å². The molecule has 7 aromatic heterocycles. The first-order valence-corrected chi connectivity index (χ1v) is 35.2. The zero-order valence-electron chi connectivity index (χ0n) is 61.5. The summed E-state index contributed by atoms with van der Waals surface area (Å²) in [7, 11) is 1.78. The third kappa shape index (κ3) is 19.2. The Morgan fingerprint density at radius 3 is 1.29 bits per heavy atom. The fraction of sp³-hybridized carbons (Fsp3) is 0.233. The molecule has 0 bridgehead atoms. The molecule has 0 atom stereocenters. The molecule has 15 rings (SSSR count). The van der Waals surface area contributed by atoms with E-state index in [2.05, 4.69) is 93.4 Å². The zero-order chi connectivity index (χ0) is 76.0. The van der Waals surface area contributed by atoms with E-state index in [9.17, 15) is 29.7 Å². The van der Waals surface area contributed by atoms with Gasteiger partial charge in [0, 0.05) is 99.6 Å². The van der Waals surface area contributed by atoms with Crippen molar-refractivity contribution >= 4 is 104 Å². The fourth-order valence-electron chi connectivity index (χ4n) is 12.6. The molecule has 2 aliphatic heterocycles. The maximum Gasteiger partial charge on any atom is 0.291 e. The standard InChI is InChI=1S/C29H31N7O2.C29H30N6O2.C25H22N6O2.3CH4/c1-17-12-26(34-33-17)30-16-23-22-15-20(9-10-24(22)32-27(23)37)13-19-7-6-8-21(14-19)31-28(38)25-11-18(2)35-36(25)29(3,4)5;1-18-13-25(35(34-18)29(2,3)4)28(37)32-21-8-5-7-19(15-21)14-20-10-11-24-22(16-20)23(27(36)33-24)17-31-26-9-6-12-30-26;1-31-12-11-27-23(31)25(33)29-18-7-4-16(5-8-18)13-17-6-9-21-19(14-17)20(24(32)30-21)15-28-22-3-2-10-26-22;;;/h6-12,14-16,32,37H,13H2,1-5H3,(H,31,38)(H,33,34);5-11,13,15-17,33,36H,12,14H2,1-4H3,(H,32,37);2-9,11-12,14-15,30,32H,10,13H2,1H3,(H,29,33);3*1H4. The Labute approximate surface area is 644 Å². The Balaban J connectivity index is 0.000000175. The number of aromatic hydroxyl groups is 3. The highest BCUT2D eigenvalue weighted by Crippen LogP contribution is 2.33. The van der Waals surface area contributed by atoms with Gasteiger partial charge in [0.1, 0.15) is 23.1 Å². The minimum absolute atomic E-state index is 0. The maximum atomic E-state index is 13.1. The van der Waals surface area contributed by atoms with Crippen LogP contribution in [-0.2, 0) is 37.4 Å². The Hall–Kier alpha value is -13.6. The van der Waals surface area contributed by atoms with E-state index in [0.29, 0.717) is 95.1 Å². The minimum atomic E-state index is -0.311. The van der Waals surface area contributed by atoms with Gasteiger partial charge in [-0.3, -0.25) is 38.8 Å². The molecule has 25 nitrogen and oxygen atoms in total. The molecule has 0 radical (unpaired) electrons. The number of rotatable bonds is 16. The molecule has 0 saturated carbocycles. The van der Waals surface area contributed by atoms with Crippen molar-refractivity contribution in [3.8, 4) is 17.6 Å². The first kappa shape index (κ1) is 80.0. The van der Waals surface area contributed by atoms with Gasteiger partial charge in [-0.1, -0.05) is 89.0 Å². The summed E-state index contributed by atoms with van der Waals surface area (Å²) in [6.45, 7) is 19.1. The Kier molecular flexibility index (Phi) is 24.6.